The Kier molecular flexibility index (Phi) is 23.5. The number of ketones is 1. The largest absolute Gasteiger partial charge is 0.302 e. The van der Waals surface area contributed by atoms with Gasteiger partial charge in [-0.2, -0.15) is 0 Å². The molecule has 0 aliphatic heterocycles. The van der Waals surface area contributed by atoms with E-state index in [-0.39, 0.29) is 0 Å². The molecule has 0 spiro atoms. The van der Waals surface area contributed by atoms with Crippen molar-refractivity contribution in [1.29, 1.82) is 0 Å². The van der Waals surface area contributed by atoms with E-state index in [0.717, 1.165) is 38.9 Å². The predicted octanol–water partition coefficient (Wildman–Crippen LogP) is 9.60. The van der Waals surface area contributed by atoms with E-state index in [9.17, 15) is 4.79 Å². The van der Waals surface area contributed by atoms with Gasteiger partial charge >= 0.3 is 0 Å². The van der Waals surface area contributed by atoms with Gasteiger partial charge in [0.05, 0.1) is 0 Å². The van der Waals surface area contributed by atoms with E-state index in [1.54, 1.807) is 0 Å². The lowest BCUT2D eigenvalue weighted by atomic mass is 10.0. The van der Waals surface area contributed by atoms with E-state index < -0.39 is 0 Å². The highest BCUT2D eigenvalue weighted by atomic mass is 16.1. The minimum absolute atomic E-state index is 0.475. The van der Waals surface area contributed by atoms with Gasteiger partial charge in [0.15, 0.2) is 0 Å². The van der Waals surface area contributed by atoms with Gasteiger partial charge in [-0.15, -0.1) is 0 Å². The van der Waals surface area contributed by atoms with Gasteiger partial charge in [0.2, 0.25) is 0 Å². The van der Waals surface area contributed by atoms with Crippen molar-refractivity contribution in [3.8, 4) is 0 Å². The molecule has 0 saturated heterocycles. The molecule has 0 radical (unpaired) electrons. The average molecular weight is 452 g/mol. The number of hydrogen-bond donors (Lipinski definition) is 0. The Labute approximate surface area is 203 Å². The molecule has 32 heavy (non-hydrogen) atoms. The maximum Gasteiger partial charge on any atom is 0.134 e. The first-order valence-corrected chi connectivity index (χ1v) is 14.7. The zero-order valence-electron chi connectivity index (χ0n) is 23.1. The summed E-state index contributed by atoms with van der Waals surface area (Å²) >= 11 is 0. The van der Waals surface area contributed by atoms with Crippen LogP contribution in [0.25, 0.3) is 0 Å². The number of Topliss-reactive ketones (excluding diaryl/α,β-unsaturated/α-hetero) is 1. The Bertz CT molecular complexity index is 380. The van der Waals surface area contributed by atoms with Gasteiger partial charge in [0.25, 0.3) is 0 Å². The molecule has 0 aliphatic carbocycles. The third-order valence-corrected chi connectivity index (χ3v) is 6.51. The first-order chi connectivity index (χ1) is 15.5. The van der Waals surface area contributed by atoms with Crippen LogP contribution in [0.5, 0.6) is 0 Å². The van der Waals surface area contributed by atoms with Gasteiger partial charge in [-0.25, -0.2) is 0 Å². The van der Waals surface area contributed by atoms with Crippen molar-refractivity contribution in [3.63, 3.8) is 0 Å². The summed E-state index contributed by atoms with van der Waals surface area (Å²) in [4.78, 5) is 14.7. The third kappa shape index (κ3) is 24.3. The molecule has 2 heteroatoms. The quantitative estimate of drug-likeness (QED) is 0.129. The summed E-state index contributed by atoms with van der Waals surface area (Å²) in [6.07, 6.45) is 25.2. The predicted molar refractivity (Wildman–Crippen MR) is 145 cm³/mol. The minimum atomic E-state index is 0.475. The first kappa shape index (κ1) is 31.6. The molecule has 192 valence electrons. The third-order valence-electron chi connectivity index (χ3n) is 6.51. The molecule has 0 N–H and O–H groups in total. The smallest absolute Gasteiger partial charge is 0.134 e. The first-order valence-electron chi connectivity index (χ1n) is 14.7. The second-order valence-corrected chi connectivity index (χ2v) is 11.2. The van der Waals surface area contributed by atoms with E-state index >= 15 is 0 Å². The van der Waals surface area contributed by atoms with E-state index in [4.69, 9.17) is 0 Å². The fraction of sp³-hybridized carbons (Fsp3) is 0.967. The van der Waals surface area contributed by atoms with Crippen molar-refractivity contribution in [2.45, 2.75) is 157 Å². The van der Waals surface area contributed by atoms with Gasteiger partial charge in [0, 0.05) is 32.5 Å². The number of unbranched alkanes of at least 4 members (excludes halogenated alkanes) is 16. The standard InChI is InChI=1S/C30H61NO/c1-6-7-8-9-10-11-12-13-14-15-16-17-18-19-20-21-22-23-30(32)24-25-31(26-28(2)3)27-29(4)5/h28-29H,6-27H2,1-5H3. The Morgan fingerprint density at radius 1 is 0.531 bits per heavy atom. The van der Waals surface area contributed by atoms with Gasteiger partial charge < -0.3 is 4.90 Å². The fourth-order valence-electron chi connectivity index (χ4n) is 4.74. The van der Waals surface area contributed by atoms with Crippen LogP contribution in [0.2, 0.25) is 0 Å². The number of rotatable bonds is 25. The van der Waals surface area contributed by atoms with Crippen molar-refractivity contribution in [2.75, 3.05) is 19.6 Å². The highest BCUT2D eigenvalue weighted by Crippen LogP contribution is 2.14. The summed E-state index contributed by atoms with van der Waals surface area (Å²) in [6.45, 7) is 14.6. The maximum atomic E-state index is 12.3. The van der Waals surface area contributed by atoms with Gasteiger partial charge in [-0.05, 0) is 18.3 Å². The van der Waals surface area contributed by atoms with Crippen LogP contribution in [0.15, 0.2) is 0 Å². The minimum Gasteiger partial charge on any atom is -0.302 e. The molecule has 0 unspecified atom stereocenters. The average Bonchev–Trinajstić information content (AvgIpc) is 2.73. The van der Waals surface area contributed by atoms with Gasteiger partial charge in [-0.1, -0.05) is 137 Å². The molecule has 0 heterocycles. The second-order valence-electron chi connectivity index (χ2n) is 11.2. The lowest BCUT2D eigenvalue weighted by Crippen LogP contribution is -2.33. The molecule has 0 saturated carbocycles. The van der Waals surface area contributed by atoms with E-state index in [0.29, 0.717) is 17.6 Å². The molecule has 0 bridgehead atoms. The molecule has 2 nitrogen and oxygen atoms in total. The Balaban J connectivity index is 3.39. The van der Waals surface area contributed by atoms with Crippen LogP contribution in [0.1, 0.15) is 157 Å². The van der Waals surface area contributed by atoms with Crippen LogP contribution in [-0.4, -0.2) is 30.3 Å². The Morgan fingerprint density at radius 2 is 0.875 bits per heavy atom. The summed E-state index contributed by atoms with van der Waals surface area (Å²) in [5, 5.41) is 0. The topological polar surface area (TPSA) is 20.3 Å². The summed E-state index contributed by atoms with van der Waals surface area (Å²) in [5.41, 5.74) is 0. The molecule has 0 amide bonds. The maximum absolute atomic E-state index is 12.3. The highest BCUT2D eigenvalue weighted by Gasteiger charge is 2.11. The van der Waals surface area contributed by atoms with Crippen LogP contribution in [0, 0.1) is 11.8 Å². The lowest BCUT2D eigenvalue weighted by Gasteiger charge is -2.25. The highest BCUT2D eigenvalue weighted by molar-refractivity contribution is 5.78. The van der Waals surface area contributed by atoms with Crippen molar-refractivity contribution < 1.29 is 4.79 Å². The summed E-state index contributed by atoms with van der Waals surface area (Å²) in [5.74, 6) is 1.83. The van der Waals surface area contributed by atoms with Crippen molar-refractivity contribution in [3.05, 3.63) is 0 Å². The van der Waals surface area contributed by atoms with Crippen LogP contribution < -0.4 is 0 Å². The molecule has 0 rings (SSSR count). The van der Waals surface area contributed by atoms with Crippen molar-refractivity contribution in [2.24, 2.45) is 11.8 Å². The van der Waals surface area contributed by atoms with Crippen LogP contribution in [-0.2, 0) is 4.79 Å². The number of nitrogens with zero attached hydrogens (tertiary/aromatic N) is 1. The zero-order valence-corrected chi connectivity index (χ0v) is 23.1. The van der Waals surface area contributed by atoms with E-state index in [1.807, 2.05) is 0 Å². The van der Waals surface area contributed by atoms with Gasteiger partial charge in [0.1, 0.15) is 5.78 Å². The van der Waals surface area contributed by atoms with E-state index in [1.165, 1.54) is 103 Å². The lowest BCUT2D eigenvalue weighted by molar-refractivity contribution is -0.119. The molecule has 0 aromatic carbocycles. The fourth-order valence-corrected chi connectivity index (χ4v) is 4.74. The Hall–Kier alpha value is -0.370. The number of carbonyl (C=O) groups excluding carboxylic acids is 1. The molecular formula is C30H61NO. The SMILES string of the molecule is CCCCCCCCCCCCCCCCCCCC(=O)CCN(CC(C)C)CC(C)C. The second kappa shape index (κ2) is 23.8. The molecular weight excluding hydrogens is 390 g/mol. The van der Waals surface area contributed by atoms with Crippen molar-refractivity contribution in [1.82, 2.24) is 4.90 Å². The van der Waals surface area contributed by atoms with Crippen LogP contribution in [0.3, 0.4) is 0 Å². The zero-order chi connectivity index (χ0) is 23.9. The number of carbonyl (C=O) groups is 1. The van der Waals surface area contributed by atoms with Crippen molar-refractivity contribution >= 4 is 5.78 Å². The normalized spacial score (nSPS) is 11.9. The monoisotopic (exact) mass is 451 g/mol. The summed E-state index contributed by atoms with van der Waals surface area (Å²) in [6, 6.07) is 0. The molecule has 0 aromatic heterocycles. The van der Waals surface area contributed by atoms with Gasteiger partial charge in [-0.3, -0.25) is 4.79 Å². The van der Waals surface area contributed by atoms with Crippen LogP contribution >= 0.6 is 0 Å². The molecule has 0 fully saturated rings. The summed E-state index contributed by atoms with van der Waals surface area (Å²) in [7, 11) is 0. The molecule has 0 atom stereocenters. The number of hydrogen-bond acceptors (Lipinski definition) is 2. The molecule has 0 aliphatic rings. The van der Waals surface area contributed by atoms with Crippen LogP contribution in [0.4, 0.5) is 0 Å². The Morgan fingerprint density at radius 3 is 1.22 bits per heavy atom. The summed E-state index contributed by atoms with van der Waals surface area (Å²) < 4.78 is 0. The van der Waals surface area contributed by atoms with E-state index in [2.05, 4.69) is 39.5 Å². The molecule has 0 aromatic rings.